The Morgan fingerprint density at radius 3 is 2.39 bits per heavy atom. The molecule has 12 heteroatoms. The first-order valence-electron chi connectivity index (χ1n) is 22.4. The summed E-state index contributed by atoms with van der Waals surface area (Å²) in [5.41, 5.74) is 10.3. The lowest BCUT2D eigenvalue weighted by Crippen LogP contribution is -2.45. The van der Waals surface area contributed by atoms with Crippen LogP contribution in [0.1, 0.15) is 102 Å². The molecule has 3 amide bonds. The highest BCUT2D eigenvalue weighted by molar-refractivity contribution is 6.05. The fourth-order valence-electron chi connectivity index (χ4n) is 7.40. The maximum Gasteiger partial charge on any atom is 0.326 e. The van der Waals surface area contributed by atoms with Crippen LogP contribution in [0, 0.1) is 32.5 Å². The third-order valence-electron chi connectivity index (χ3n) is 11.5. The maximum atomic E-state index is 13.7. The molecular formula is C50H71FN8O3. The van der Waals surface area contributed by atoms with Crippen molar-refractivity contribution in [1.82, 2.24) is 15.2 Å². The monoisotopic (exact) mass is 851 g/mol. The second-order valence-corrected chi connectivity index (χ2v) is 16.4. The highest BCUT2D eigenvalue weighted by atomic mass is 19.1. The first-order valence-corrected chi connectivity index (χ1v) is 22.4. The molecule has 1 aromatic heterocycles. The number of anilines is 4. The molecule has 0 bridgehead atoms. The fourth-order valence-corrected chi connectivity index (χ4v) is 7.40. The molecule has 11 nitrogen and oxygen atoms in total. The summed E-state index contributed by atoms with van der Waals surface area (Å²) in [6.07, 6.45) is 10.6. The minimum Gasteiger partial charge on any atom is -0.474 e. The van der Waals surface area contributed by atoms with Gasteiger partial charge in [0.15, 0.2) is 0 Å². The summed E-state index contributed by atoms with van der Waals surface area (Å²) in [6, 6.07) is 10.6. The van der Waals surface area contributed by atoms with Crippen molar-refractivity contribution in [2.45, 2.75) is 107 Å². The lowest BCUT2D eigenvalue weighted by atomic mass is 10.00. The number of nitrogens with one attached hydrogen (secondary N) is 3. The number of urea groups is 1. The van der Waals surface area contributed by atoms with Crippen LogP contribution in [0.15, 0.2) is 83.9 Å². The van der Waals surface area contributed by atoms with E-state index in [0.717, 1.165) is 96.4 Å². The number of fused-ring (bicyclic) bond motifs is 1. The Balaban J connectivity index is 0.000000314. The predicted molar refractivity (Wildman–Crippen MR) is 256 cm³/mol. The number of hydrogen-bond acceptors (Lipinski definition) is 8. The standard InChI is InChI=1S/C32H44N6O2.C12H13FN2O.C6H14/c1-7-14-37(15-8-2)30(39)19-26-10-11-27(18-22(26)4)35-24(6)36-28-21-38(16-12-25(28)9-3)29-20-34-32-31(23(29)5)33-13-17-40-32;1-8-3-4-11(10(13)7-8)15-6-5-9(2)14-12(15)16;1-4-6(3)5-2/h9-11,18,20,33,35H,6-8,12-17,19,21H2,1-5H3;3-4,7H,2,5-6H2,1H3,(H,14,16);6H,4-5H2,1-3H3/b25-9-,36-28-;;. The highest BCUT2D eigenvalue weighted by Gasteiger charge is 2.26. The van der Waals surface area contributed by atoms with Gasteiger partial charge in [-0.1, -0.05) is 78.8 Å². The van der Waals surface area contributed by atoms with Gasteiger partial charge in [-0.05, 0) is 99.4 Å². The summed E-state index contributed by atoms with van der Waals surface area (Å²) >= 11 is 0. The number of piperidine rings is 1. The molecule has 0 saturated carbocycles. The number of aromatic nitrogens is 1. The lowest BCUT2D eigenvalue weighted by molar-refractivity contribution is -0.130. The minimum atomic E-state index is -0.373. The Labute approximate surface area is 370 Å². The molecule has 2 aromatic carbocycles. The average Bonchev–Trinajstić information content (AvgIpc) is 3.25. The van der Waals surface area contributed by atoms with Gasteiger partial charge in [-0.2, -0.15) is 0 Å². The lowest BCUT2D eigenvalue weighted by Gasteiger charge is -2.33. The topological polar surface area (TPSA) is 114 Å². The molecule has 2 saturated heterocycles. The van der Waals surface area contributed by atoms with E-state index in [1.54, 1.807) is 12.1 Å². The van der Waals surface area contributed by atoms with Gasteiger partial charge in [0.25, 0.3) is 0 Å². The molecule has 336 valence electrons. The zero-order chi connectivity index (χ0) is 45.3. The van der Waals surface area contributed by atoms with Crippen molar-refractivity contribution in [3.63, 3.8) is 0 Å². The molecule has 0 aliphatic carbocycles. The number of nitrogens with zero attached hydrogens (tertiary/aromatic N) is 5. The number of halogens is 1. The van der Waals surface area contributed by atoms with Crippen LogP contribution in [0.3, 0.4) is 0 Å². The molecular weight excluding hydrogens is 780 g/mol. The number of aryl methyl sites for hydroxylation is 2. The fraction of sp³-hybridized carbons (Fsp3) is 0.480. The summed E-state index contributed by atoms with van der Waals surface area (Å²) in [5.74, 6) is 2.02. The Hall–Kier alpha value is -5.65. The highest BCUT2D eigenvalue weighted by Crippen LogP contribution is 2.36. The number of rotatable bonds is 13. The SMILES string of the molecule is C=C(/N=C1/CN(c2cnc3c(c2C)NCCO3)CC/C1=C/C)Nc1ccc(CC(=O)N(CCC)CCC)c(C)c1.C=C1CCN(c2ccc(C)cc2F)C(=O)N1.CCC(C)CC. The van der Waals surface area contributed by atoms with Gasteiger partial charge in [-0.25, -0.2) is 19.2 Å². The van der Waals surface area contributed by atoms with Crippen LogP contribution >= 0.6 is 0 Å². The van der Waals surface area contributed by atoms with Gasteiger partial charge < -0.3 is 30.5 Å². The second-order valence-electron chi connectivity index (χ2n) is 16.4. The maximum absolute atomic E-state index is 13.7. The summed E-state index contributed by atoms with van der Waals surface area (Å²) in [5, 5.41) is 9.39. The molecule has 3 aromatic rings. The van der Waals surface area contributed by atoms with E-state index in [0.29, 0.717) is 55.6 Å². The van der Waals surface area contributed by atoms with Crippen LogP contribution in [0.25, 0.3) is 0 Å². The first kappa shape index (κ1) is 49.0. The van der Waals surface area contributed by atoms with Crippen molar-refractivity contribution in [2.75, 3.05) is 66.3 Å². The van der Waals surface area contributed by atoms with Crippen LogP contribution in [0.2, 0.25) is 0 Å². The largest absolute Gasteiger partial charge is 0.474 e. The van der Waals surface area contributed by atoms with Crippen molar-refractivity contribution in [3.8, 4) is 5.88 Å². The van der Waals surface area contributed by atoms with Crippen molar-refractivity contribution >= 4 is 40.4 Å². The van der Waals surface area contributed by atoms with Gasteiger partial charge in [0.1, 0.15) is 23.9 Å². The number of ether oxygens (including phenoxy) is 1. The third-order valence-corrected chi connectivity index (χ3v) is 11.5. The number of carbonyl (C=O) groups is 2. The van der Waals surface area contributed by atoms with Crippen molar-refractivity contribution in [1.29, 1.82) is 0 Å². The number of benzene rings is 2. The summed E-state index contributed by atoms with van der Waals surface area (Å²) < 4.78 is 19.4. The predicted octanol–water partition coefficient (Wildman–Crippen LogP) is 10.9. The van der Waals surface area contributed by atoms with Crippen molar-refractivity contribution in [2.24, 2.45) is 10.9 Å². The number of carbonyl (C=O) groups excluding carboxylic acids is 2. The van der Waals surface area contributed by atoms with Gasteiger partial charge in [0.05, 0.1) is 36.2 Å². The van der Waals surface area contributed by atoms with Gasteiger partial charge in [0.2, 0.25) is 11.8 Å². The van der Waals surface area contributed by atoms with Gasteiger partial charge in [-0.3, -0.25) is 9.69 Å². The molecule has 0 unspecified atom stereocenters. The quantitative estimate of drug-likeness (QED) is 0.157. The Kier molecular flexibility index (Phi) is 19.1. The van der Waals surface area contributed by atoms with E-state index in [4.69, 9.17) is 9.73 Å². The smallest absolute Gasteiger partial charge is 0.326 e. The van der Waals surface area contributed by atoms with Crippen LogP contribution in [0.4, 0.5) is 31.9 Å². The molecule has 3 aliphatic heterocycles. The molecule has 6 rings (SSSR count). The Morgan fingerprint density at radius 2 is 1.77 bits per heavy atom. The van der Waals surface area contributed by atoms with E-state index in [1.807, 2.05) is 30.2 Å². The zero-order valence-corrected chi connectivity index (χ0v) is 38.8. The molecule has 62 heavy (non-hydrogen) atoms. The van der Waals surface area contributed by atoms with Crippen LogP contribution in [-0.2, 0) is 11.2 Å². The molecule has 3 N–H and O–H groups in total. The van der Waals surface area contributed by atoms with Crippen LogP contribution < -0.4 is 30.5 Å². The summed E-state index contributed by atoms with van der Waals surface area (Å²) in [4.78, 5) is 39.7. The number of amides is 3. The molecule has 0 radical (unpaired) electrons. The normalized spacial score (nSPS) is 16.0. The van der Waals surface area contributed by atoms with E-state index in [1.165, 1.54) is 29.4 Å². The number of hydrogen-bond donors (Lipinski definition) is 3. The number of pyridine rings is 1. The number of aliphatic imine (C=N–C) groups is 1. The zero-order valence-electron chi connectivity index (χ0n) is 38.8. The average molecular weight is 851 g/mol. The number of allylic oxidation sites excluding steroid dienone is 1. The molecule has 0 atom stereocenters. The molecule has 3 aliphatic rings. The Bertz CT molecular complexity index is 2090. The van der Waals surface area contributed by atoms with E-state index in [-0.39, 0.29) is 17.8 Å². The van der Waals surface area contributed by atoms with Crippen LogP contribution in [-0.4, -0.2) is 73.4 Å². The summed E-state index contributed by atoms with van der Waals surface area (Å²) in [6.45, 7) is 32.0. The van der Waals surface area contributed by atoms with Gasteiger partial charge in [-0.15, -0.1) is 0 Å². The van der Waals surface area contributed by atoms with E-state index < -0.39 is 0 Å². The minimum absolute atomic E-state index is 0.191. The van der Waals surface area contributed by atoms with Crippen molar-refractivity contribution < 1.29 is 18.7 Å². The second kappa shape index (κ2) is 24.1. The van der Waals surface area contributed by atoms with Gasteiger partial charge >= 0.3 is 6.03 Å². The van der Waals surface area contributed by atoms with E-state index in [2.05, 4.69) is 107 Å². The van der Waals surface area contributed by atoms with Gasteiger partial charge in [0, 0.05) is 56.1 Å². The molecule has 2 fully saturated rings. The van der Waals surface area contributed by atoms with E-state index in [9.17, 15) is 14.0 Å². The van der Waals surface area contributed by atoms with E-state index >= 15 is 0 Å². The Morgan fingerprint density at radius 1 is 1.05 bits per heavy atom. The van der Waals surface area contributed by atoms with Crippen molar-refractivity contribution in [3.05, 3.63) is 107 Å². The summed E-state index contributed by atoms with van der Waals surface area (Å²) in [7, 11) is 0. The molecule has 0 spiro atoms. The first-order chi connectivity index (χ1) is 29.7. The van der Waals surface area contributed by atoms with Crippen LogP contribution in [0.5, 0.6) is 5.88 Å². The molecule has 4 heterocycles. The third kappa shape index (κ3) is 13.7.